The first-order chi connectivity index (χ1) is 12.5. The maximum absolute atomic E-state index is 12.2. The second kappa shape index (κ2) is 8.52. The molecule has 0 bridgehead atoms. The van der Waals surface area contributed by atoms with E-state index in [0.29, 0.717) is 10.8 Å². The molecule has 0 aliphatic carbocycles. The number of nitrogens with one attached hydrogen (secondary N) is 2. The lowest BCUT2D eigenvalue weighted by molar-refractivity contribution is -0.113. The van der Waals surface area contributed by atoms with Gasteiger partial charge >= 0.3 is 0 Å². The molecule has 3 aromatic rings. The van der Waals surface area contributed by atoms with Gasteiger partial charge in [-0.1, -0.05) is 46.8 Å². The van der Waals surface area contributed by atoms with E-state index in [2.05, 4.69) is 25.9 Å². The van der Waals surface area contributed by atoms with E-state index in [9.17, 15) is 4.79 Å². The maximum atomic E-state index is 12.2. The van der Waals surface area contributed by atoms with Gasteiger partial charge in [-0.2, -0.15) is 5.10 Å². The fourth-order valence-electron chi connectivity index (χ4n) is 2.14. The fraction of sp³-hybridized carbons (Fsp3) is 0.250. The Morgan fingerprint density at radius 3 is 2.81 bits per heavy atom. The molecule has 10 heteroatoms. The lowest BCUT2D eigenvalue weighted by Crippen LogP contribution is -2.16. The summed E-state index contributed by atoms with van der Waals surface area (Å²) in [5.41, 5.74) is 1.70. The van der Waals surface area contributed by atoms with Gasteiger partial charge in [-0.3, -0.25) is 9.48 Å². The Labute approximate surface area is 164 Å². The highest BCUT2D eigenvalue weighted by atomic mass is 35.5. The van der Waals surface area contributed by atoms with Crippen LogP contribution < -0.4 is 10.6 Å². The van der Waals surface area contributed by atoms with E-state index >= 15 is 0 Å². The van der Waals surface area contributed by atoms with Crippen molar-refractivity contribution in [3.05, 3.63) is 35.4 Å². The highest BCUT2D eigenvalue weighted by Gasteiger charge is 2.12. The minimum absolute atomic E-state index is 0.124. The number of carbonyl (C=O) groups excluding carboxylic acids is 1. The van der Waals surface area contributed by atoms with Crippen LogP contribution in [0.1, 0.15) is 6.92 Å². The standard InChI is InChI=1S/C16H17ClN6OS2/c1-3-18-15-20-21-16(26-15)25-9-14(24)19-13-8-12(22-23(13)2)10-4-6-11(17)7-5-10/h4-8H,3,9H2,1-2H3,(H,18,20)(H,19,24). The first-order valence-electron chi connectivity index (χ1n) is 7.85. The molecule has 0 saturated heterocycles. The van der Waals surface area contributed by atoms with Crippen molar-refractivity contribution in [2.75, 3.05) is 22.9 Å². The van der Waals surface area contributed by atoms with Gasteiger partial charge in [-0.05, 0) is 19.1 Å². The van der Waals surface area contributed by atoms with Gasteiger partial charge < -0.3 is 10.6 Å². The van der Waals surface area contributed by atoms with E-state index < -0.39 is 0 Å². The van der Waals surface area contributed by atoms with Crippen LogP contribution in [0.25, 0.3) is 11.3 Å². The van der Waals surface area contributed by atoms with Crippen LogP contribution in [0.4, 0.5) is 10.9 Å². The predicted octanol–water partition coefficient (Wildman–Crippen LogP) is 3.75. The van der Waals surface area contributed by atoms with Crippen molar-refractivity contribution in [3.63, 3.8) is 0 Å². The zero-order valence-corrected chi connectivity index (χ0v) is 16.6. The van der Waals surface area contributed by atoms with E-state index in [-0.39, 0.29) is 11.7 Å². The van der Waals surface area contributed by atoms with Crippen LogP contribution in [0.15, 0.2) is 34.7 Å². The molecule has 2 aromatic heterocycles. The highest BCUT2D eigenvalue weighted by Crippen LogP contribution is 2.26. The first-order valence-corrected chi connectivity index (χ1v) is 10.0. The third kappa shape index (κ3) is 4.75. The Morgan fingerprint density at radius 2 is 2.08 bits per heavy atom. The second-order valence-corrected chi connectivity index (χ2v) is 7.92. The summed E-state index contributed by atoms with van der Waals surface area (Å²) in [5.74, 6) is 0.759. The number of thioether (sulfide) groups is 1. The van der Waals surface area contributed by atoms with Crippen LogP contribution in [-0.4, -0.2) is 38.2 Å². The number of benzene rings is 1. The van der Waals surface area contributed by atoms with Crippen LogP contribution in [0.3, 0.4) is 0 Å². The summed E-state index contributed by atoms with van der Waals surface area (Å²) in [4.78, 5) is 12.2. The number of aryl methyl sites for hydroxylation is 1. The van der Waals surface area contributed by atoms with Crippen molar-refractivity contribution < 1.29 is 4.79 Å². The zero-order chi connectivity index (χ0) is 18.5. The molecule has 0 spiro atoms. The number of halogens is 1. The lowest BCUT2D eigenvalue weighted by Gasteiger charge is -2.03. The Bertz CT molecular complexity index is 893. The number of amides is 1. The summed E-state index contributed by atoms with van der Waals surface area (Å²) < 4.78 is 2.39. The number of aromatic nitrogens is 4. The number of nitrogens with zero attached hydrogens (tertiary/aromatic N) is 4. The maximum Gasteiger partial charge on any atom is 0.235 e. The molecule has 2 N–H and O–H groups in total. The largest absolute Gasteiger partial charge is 0.360 e. The molecule has 136 valence electrons. The van der Waals surface area contributed by atoms with Crippen molar-refractivity contribution in [1.29, 1.82) is 0 Å². The molecule has 0 unspecified atom stereocenters. The van der Waals surface area contributed by atoms with Crippen molar-refractivity contribution in [2.24, 2.45) is 7.05 Å². The molecule has 0 radical (unpaired) electrons. The molecule has 0 aliphatic rings. The number of hydrogen-bond donors (Lipinski definition) is 2. The van der Waals surface area contributed by atoms with Crippen LogP contribution >= 0.6 is 34.7 Å². The van der Waals surface area contributed by atoms with Gasteiger partial charge in [-0.15, -0.1) is 10.2 Å². The first kappa shape index (κ1) is 18.7. The van der Waals surface area contributed by atoms with E-state index in [0.717, 1.165) is 27.3 Å². The van der Waals surface area contributed by atoms with Crippen LogP contribution in [-0.2, 0) is 11.8 Å². The number of anilines is 2. The van der Waals surface area contributed by atoms with Crippen molar-refractivity contribution in [3.8, 4) is 11.3 Å². The summed E-state index contributed by atoms with van der Waals surface area (Å²) in [6.45, 7) is 2.78. The second-order valence-electron chi connectivity index (χ2n) is 5.29. The molecule has 1 amide bonds. The topological polar surface area (TPSA) is 84.7 Å². The van der Waals surface area contributed by atoms with Crippen LogP contribution in [0.5, 0.6) is 0 Å². The van der Waals surface area contributed by atoms with E-state index in [1.807, 2.05) is 37.3 Å². The average molecular weight is 409 g/mol. The van der Waals surface area contributed by atoms with Gasteiger partial charge in [0, 0.05) is 30.2 Å². The average Bonchev–Trinajstić information content (AvgIpc) is 3.21. The molecular formula is C16H17ClN6OS2. The van der Waals surface area contributed by atoms with Crippen molar-refractivity contribution in [2.45, 2.75) is 11.3 Å². The van der Waals surface area contributed by atoms with Crippen LogP contribution in [0.2, 0.25) is 5.02 Å². The number of carbonyl (C=O) groups is 1. The molecule has 7 nitrogen and oxygen atoms in total. The quantitative estimate of drug-likeness (QED) is 0.579. The van der Waals surface area contributed by atoms with E-state index in [4.69, 9.17) is 11.6 Å². The third-order valence-electron chi connectivity index (χ3n) is 3.35. The summed E-state index contributed by atoms with van der Waals surface area (Å²) in [7, 11) is 1.79. The van der Waals surface area contributed by atoms with Gasteiger partial charge in [0.2, 0.25) is 11.0 Å². The normalized spacial score (nSPS) is 10.7. The minimum Gasteiger partial charge on any atom is -0.360 e. The van der Waals surface area contributed by atoms with E-state index in [1.54, 1.807) is 11.7 Å². The molecule has 0 saturated carbocycles. The molecule has 0 aliphatic heterocycles. The lowest BCUT2D eigenvalue weighted by atomic mass is 10.1. The summed E-state index contributed by atoms with van der Waals surface area (Å²) in [6.07, 6.45) is 0. The predicted molar refractivity (Wildman–Crippen MR) is 107 cm³/mol. The zero-order valence-electron chi connectivity index (χ0n) is 14.2. The van der Waals surface area contributed by atoms with Crippen molar-refractivity contribution in [1.82, 2.24) is 20.0 Å². The van der Waals surface area contributed by atoms with Crippen molar-refractivity contribution >= 4 is 51.6 Å². The Balaban J connectivity index is 1.59. The van der Waals surface area contributed by atoms with Crippen LogP contribution in [0, 0.1) is 0 Å². The molecule has 2 heterocycles. The molecule has 3 rings (SSSR count). The summed E-state index contributed by atoms with van der Waals surface area (Å²) >= 11 is 8.70. The Hall–Kier alpha value is -2.10. The van der Waals surface area contributed by atoms with E-state index in [1.165, 1.54) is 23.1 Å². The molecule has 26 heavy (non-hydrogen) atoms. The molecule has 0 atom stereocenters. The van der Waals surface area contributed by atoms with Gasteiger partial charge in [0.15, 0.2) is 4.34 Å². The molecular weight excluding hydrogens is 392 g/mol. The fourth-order valence-corrected chi connectivity index (χ4v) is 3.89. The Kier molecular flexibility index (Phi) is 6.12. The van der Waals surface area contributed by atoms with Gasteiger partial charge in [0.1, 0.15) is 5.82 Å². The Morgan fingerprint density at radius 1 is 1.31 bits per heavy atom. The minimum atomic E-state index is -0.124. The summed E-state index contributed by atoms with van der Waals surface area (Å²) in [6, 6.07) is 9.24. The monoisotopic (exact) mass is 408 g/mol. The smallest absolute Gasteiger partial charge is 0.235 e. The number of rotatable bonds is 7. The van der Waals surface area contributed by atoms with Gasteiger partial charge in [-0.25, -0.2) is 0 Å². The molecule has 1 aromatic carbocycles. The third-order valence-corrected chi connectivity index (χ3v) is 5.61. The summed E-state index contributed by atoms with van der Waals surface area (Å²) in [5, 5.41) is 19.9. The highest BCUT2D eigenvalue weighted by molar-refractivity contribution is 8.01. The van der Waals surface area contributed by atoms with Gasteiger partial charge in [0.25, 0.3) is 0 Å². The SMILES string of the molecule is CCNc1nnc(SCC(=O)Nc2cc(-c3ccc(Cl)cc3)nn2C)s1. The number of hydrogen-bond acceptors (Lipinski definition) is 7. The van der Waals surface area contributed by atoms with Gasteiger partial charge in [0.05, 0.1) is 11.4 Å². The molecule has 0 fully saturated rings.